The molecular weight excluding hydrogens is 273 g/mol. The van der Waals surface area contributed by atoms with Crippen LogP contribution in [0.5, 0.6) is 0 Å². The molecule has 8 heteroatoms. The molecule has 1 amide bonds. The van der Waals surface area contributed by atoms with Gasteiger partial charge in [0.15, 0.2) is 0 Å². The Morgan fingerprint density at radius 2 is 2.15 bits per heavy atom. The van der Waals surface area contributed by atoms with Gasteiger partial charge in [-0.25, -0.2) is 4.98 Å². The molecule has 1 aromatic heterocycles. The molecule has 0 spiro atoms. The van der Waals surface area contributed by atoms with E-state index in [4.69, 9.17) is 0 Å². The number of hydrogen-bond donors (Lipinski definition) is 2. The number of carbonyl (C=O) groups is 1. The van der Waals surface area contributed by atoms with Crippen LogP contribution in [0.15, 0.2) is 6.33 Å². The Bertz CT molecular complexity index is 432. The highest BCUT2D eigenvalue weighted by Gasteiger charge is 2.47. The highest BCUT2D eigenvalue weighted by Crippen LogP contribution is 2.41. The van der Waals surface area contributed by atoms with E-state index in [0.717, 1.165) is 0 Å². The van der Waals surface area contributed by atoms with Crippen LogP contribution in [0, 0.1) is 11.8 Å². The van der Waals surface area contributed by atoms with Crippen LogP contribution in [-0.4, -0.2) is 33.8 Å². The second-order valence-corrected chi connectivity index (χ2v) is 5.01. The lowest BCUT2D eigenvalue weighted by Gasteiger charge is -2.31. The number of H-pyrrole nitrogens is 1. The quantitative estimate of drug-likeness (QED) is 0.888. The maximum atomic E-state index is 12.9. The minimum absolute atomic E-state index is 0.0453. The Kier molecular flexibility index (Phi) is 4.61. The summed E-state index contributed by atoms with van der Waals surface area (Å²) in [6, 6.07) is 0. The van der Waals surface area contributed by atoms with Gasteiger partial charge >= 0.3 is 6.18 Å². The molecule has 1 aliphatic carbocycles. The zero-order valence-electron chi connectivity index (χ0n) is 10.9. The fraction of sp³-hybridized carbons (Fsp3) is 0.750. The molecule has 5 nitrogen and oxygen atoms in total. The lowest BCUT2D eigenvalue weighted by Crippen LogP contribution is -2.43. The largest absolute Gasteiger partial charge is 0.392 e. The molecule has 20 heavy (non-hydrogen) atoms. The Hall–Kier alpha value is -1.60. The van der Waals surface area contributed by atoms with Gasteiger partial charge in [-0.3, -0.25) is 9.89 Å². The molecule has 0 bridgehead atoms. The zero-order chi connectivity index (χ0) is 14.6. The Balaban J connectivity index is 1.86. The Labute approximate surface area is 114 Å². The average molecular weight is 290 g/mol. The van der Waals surface area contributed by atoms with E-state index in [1.807, 2.05) is 0 Å². The number of nitrogens with one attached hydrogen (secondary N) is 2. The molecule has 112 valence electrons. The minimum Gasteiger partial charge on any atom is -0.355 e. The van der Waals surface area contributed by atoms with Crippen LogP contribution in [0.2, 0.25) is 0 Å². The van der Waals surface area contributed by atoms with Crippen molar-refractivity contribution in [1.29, 1.82) is 0 Å². The van der Waals surface area contributed by atoms with Crippen molar-refractivity contribution < 1.29 is 18.0 Å². The van der Waals surface area contributed by atoms with Crippen molar-refractivity contribution in [2.45, 2.75) is 38.3 Å². The van der Waals surface area contributed by atoms with Crippen LogP contribution < -0.4 is 5.32 Å². The zero-order valence-corrected chi connectivity index (χ0v) is 10.9. The van der Waals surface area contributed by atoms with Crippen LogP contribution >= 0.6 is 0 Å². The molecular formula is C12H17F3N4O. The highest BCUT2D eigenvalue weighted by atomic mass is 19.4. The standard InChI is InChI=1S/C12H17F3N4O/c13-12(14,15)9-4-2-1-3-8(9)11(20)16-6-5-10-17-7-18-19-10/h7-9H,1-6H2,(H,16,20)(H,17,18,19). The van der Waals surface area contributed by atoms with E-state index in [2.05, 4.69) is 20.5 Å². The Morgan fingerprint density at radius 1 is 1.40 bits per heavy atom. The number of alkyl halides is 3. The first-order chi connectivity index (χ1) is 9.48. The van der Waals surface area contributed by atoms with Gasteiger partial charge in [0, 0.05) is 18.9 Å². The SMILES string of the molecule is O=C(NCCc1ncn[nH]1)C1CCCCC1C(F)(F)F. The van der Waals surface area contributed by atoms with E-state index < -0.39 is 23.9 Å². The van der Waals surface area contributed by atoms with Crippen molar-refractivity contribution in [3.05, 3.63) is 12.2 Å². The van der Waals surface area contributed by atoms with Gasteiger partial charge in [-0.15, -0.1) is 0 Å². The van der Waals surface area contributed by atoms with Crippen molar-refractivity contribution in [1.82, 2.24) is 20.5 Å². The molecule has 1 aliphatic rings. The fourth-order valence-corrected chi connectivity index (χ4v) is 2.62. The number of carbonyl (C=O) groups excluding carboxylic acids is 1. The normalized spacial score (nSPS) is 23.6. The van der Waals surface area contributed by atoms with E-state index >= 15 is 0 Å². The summed E-state index contributed by atoms with van der Waals surface area (Å²) in [4.78, 5) is 15.8. The van der Waals surface area contributed by atoms with Gasteiger partial charge in [0.05, 0.1) is 5.92 Å². The van der Waals surface area contributed by atoms with E-state index in [1.165, 1.54) is 6.33 Å². The first-order valence-corrected chi connectivity index (χ1v) is 6.67. The Morgan fingerprint density at radius 3 is 2.80 bits per heavy atom. The van der Waals surface area contributed by atoms with Crippen molar-refractivity contribution in [3.8, 4) is 0 Å². The van der Waals surface area contributed by atoms with Gasteiger partial charge in [-0.2, -0.15) is 18.3 Å². The van der Waals surface area contributed by atoms with E-state index in [0.29, 0.717) is 31.5 Å². The van der Waals surface area contributed by atoms with Crippen LogP contribution in [0.1, 0.15) is 31.5 Å². The van der Waals surface area contributed by atoms with Crippen molar-refractivity contribution in [2.75, 3.05) is 6.54 Å². The van der Waals surface area contributed by atoms with Crippen molar-refractivity contribution in [3.63, 3.8) is 0 Å². The maximum Gasteiger partial charge on any atom is 0.392 e. The van der Waals surface area contributed by atoms with E-state index in [9.17, 15) is 18.0 Å². The van der Waals surface area contributed by atoms with Crippen LogP contribution in [0.3, 0.4) is 0 Å². The number of halogens is 3. The molecule has 1 fully saturated rings. The molecule has 0 aromatic carbocycles. The van der Waals surface area contributed by atoms with Crippen LogP contribution in [0.4, 0.5) is 13.2 Å². The van der Waals surface area contributed by atoms with Crippen molar-refractivity contribution >= 4 is 5.91 Å². The third-order valence-electron chi connectivity index (χ3n) is 3.65. The van der Waals surface area contributed by atoms with E-state index in [-0.39, 0.29) is 13.0 Å². The van der Waals surface area contributed by atoms with Crippen LogP contribution in [0.25, 0.3) is 0 Å². The summed E-state index contributed by atoms with van der Waals surface area (Å²) < 4.78 is 38.7. The molecule has 2 rings (SSSR count). The lowest BCUT2D eigenvalue weighted by atomic mass is 9.78. The smallest absolute Gasteiger partial charge is 0.355 e. The summed E-state index contributed by atoms with van der Waals surface area (Å²) in [5.41, 5.74) is 0. The van der Waals surface area contributed by atoms with Gasteiger partial charge in [0.1, 0.15) is 12.2 Å². The summed E-state index contributed by atoms with van der Waals surface area (Å²) >= 11 is 0. The summed E-state index contributed by atoms with van der Waals surface area (Å²) in [5, 5.41) is 8.85. The number of amides is 1. The predicted octanol–water partition coefficient (Wildman–Crippen LogP) is 1.83. The third kappa shape index (κ3) is 3.71. The van der Waals surface area contributed by atoms with Gasteiger partial charge in [-0.1, -0.05) is 12.8 Å². The monoisotopic (exact) mass is 290 g/mol. The number of aromatic nitrogens is 3. The molecule has 0 radical (unpaired) electrons. The molecule has 2 atom stereocenters. The summed E-state index contributed by atoms with van der Waals surface area (Å²) in [5.74, 6) is -2.38. The van der Waals surface area contributed by atoms with Crippen LogP contribution in [-0.2, 0) is 11.2 Å². The van der Waals surface area contributed by atoms with Gasteiger partial charge in [-0.05, 0) is 12.8 Å². The summed E-state index contributed by atoms with van der Waals surface area (Å²) in [6.45, 7) is 0.259. The number of rotatable bonds is 4. The molecule has 1 aromatic rings. The van der Waals surface area contributed by atoms with Gasteiger partial charge < -0.3 is 5.32 Å². The predicted molar refractivity (Wildman–Crippen MR) is 64.6 cm³/mol. The second-order valence-electron chi connectivity index (χ2n) is 5.01. The number of hydrogen-bond acceptors (Lipinski definition) is 3. The fourth-order valence-electron chi connectivity index (χ4n) is 2.62. The van der Waals surface area contributed by atoms with Gasteiger partial charge in [0.2, 0.25) is 5.91 Å². The van der Waals surface area contributed by atoms with E-state index in [1.54, 1.807) is 0 Å². The third-order valence-corrected chi connectivity index (χ3v) is 3.65. The maximum absolute atomic E-state index is 12.9. The van der Waals surface area contributed by atoms with Gasteiger partial charge in [0.25, 0.3) is 0 Å². The molecule has 1 saturated carbocycles. The summed E-state index contributed by atoms with van der Waals surface area (Å²) in [7, 11) is 0. The minimum atomic E-state index is -4.30. The number of aromatic amines is 1. The highest BCUT2D eigenvalue weighted by molar-refractivity contribution is 5.79. The summed E-state index contributed by atoms with van der Waals surface area (Å²) in [6.07, 6.45) is -0.971. The molecule has 2 N–H and O–H groups in total. The van der Waals surface area contributed by atoms with Crippen molar-refractivity contribution in [2.24, 2.45) is 11.8 Å². The first-order valence-electron chi connectivity index (χ1n) is 6.67. The second kappa shape index (κ2) is 6.23. The molecule has 0 aliphatic heterocycles. The lowest BCUT2D eigenvalue weighted by molar-refractivity contribution is -0.198. The number of nitrogens with zero attached hydrogens (tertiary/aromatic N) is 2. The average Bonchev–Trinajstić information content (AvgIpc) is 2.91. The molecule has 0 saturated heterocycles. The topological polar surface area (TPSA) is 70.7 Å². The molecule has 1 heterocycles. The first kappa shape index (κ1) is 14.8. The molecule has 2 unspecified atom stereocenters.